The molecule has 0 unspecified atom stereocenters. The molecular weight excluding hydrogens is 1430 g/mol. The molecule has 24 aromatic rings. The molecule has 10 nitrogen and oxygen atoms in total. The van der Waals surface area contributed by atoms with E-state index in [0.29, 0.717) is 55.3 Å². The Balaban J connectivity index is 0.000000163. The molecule has 8 heterocycles. The highest BCUT2D eigenvalue weighted by Crippen LogP contribution is 2.47. The second kappa shape index (κ2) is 26.5. The van der Waals surface area contributed by atoms with E-state index in [4.69, 9.17) is 67.5 Å². The van der Waals surface area contributed by atoms with E-state index < -0.39 is 185 Å². The smallest absolute Gasteiger partial charge is 0.238 e. The van der Waals surface area contributed by atoms with Crippen LogP contribution in [0.15, 0.2) is 372 Å². The largest absolute Gasteiger partial charge is 0.456 e. The molecule has 12 heteroatoms. The van der Waals surface area contributed by atoms with E-state index in [1.54, 1.807) is 152 Å². The predicted molar refractivity (Wildman–Crippen MR) is 472 cm³/mol. The van der Waals surface area contributed by atoms with Crippen LogP contribution in [0.5, 0.6) is 0 Å². The van der Waals surface area contributed by atoms with Crippen molar-refractivity contribution < 1.29 is 55.4 Å². The van der Waals surface area contributed by atoms with E-state index in [-0.39, 0.29) is 195 Å². The van der Waals surface area contributed by atoms with E-state index in [1.165, 1.54) is 9.13 Å². The van der Waals surface area contributed by atoms with Crippen molar-refractivity contribution in [1.29, 1.82) is 0 Å². The lowest BCUT2D eigenvalue weighted by Crippen LogP contribution is -2.06. The number of nitrogens with zero attached hydrogens (tertiary/aromatic N) is 8. The van der Waals surface area contributed by atoms with Crippen LogP contribution in [0.4, 0.5) is 0 Å². The van der Waals surface area contributed by atoms with Crippen molar-refractivity contribution in [2.75, 3.05) is 0 Å². The van der Waals surface area contributed by atoms with Gasteiger partial charge in [-0.15, -0.1) is 22.7 Å². The van der Waals surface area contributed by atoms with Crippen LogP contribution >= 0.6 is 22.7 Å². The molecule has 0 radical (unpaired) electrons. The molecule has 532 valence electrons. The number of thiophene rings is 2. The topological polar surface area (TPSA) is 113 Å². The molecule has 0 aliphatic carbocycles. The van der Waals surface area contributed by atoms with Gasteiger partial charge < -0.3 is 8.83 Å². The Morgan fingerprint density at radius 2 is 0.746 bits per heavy atom. The van der Waals surface area contributed by atoms with E-state index in [9.17, 15) is 17.8 Å². The summed E-state index contributed by atoms with van der Waals surface area (Å²) in [6.07, 6.45) is 0. The molecule has 24 rings (SSSR count). The highest BCUT2D eigenvalue weighted by Gasteiger charge is 2.26. The van der Waals surface area contributed by atoms with Gasteiger partial charge in [-0.1, -0.05) is 272 Å². The van der Waals surface area contributed by atoms with Crippen LogP contribution in [0, 0.1) is 0 Å². The first-order valence-electron chi connectivity index (χ1n) is 52.3. The standard InChI is InChI=1S/2C51H30N4OS/c1-4-14-31(15-5-1)35-21-12-23-41-47(35)40-29-39-37-20-10-11-25-45(37)57-46(39)30-42(40)55(41)51-53-49(33-18-8-3-9-19-33)52-50(54-51)34-26-27-38-44(28-34)56-43-24-13-22-36(48(38)43)32-16-6-2-7-17-32;1-4-13-31(14-5-1)34-24-26-42-39(27-34)40-29-41-37-19-10-11-22-46(37)57-47(41)30-43(40)55(42)51-53-49(33-17-8-3-9-18-33)52-50(54-51)35-23-25-38-45(28-35)56-44-21-12-20-36(48(38)44)32-15-6-2-7-16-32/h2*1-30H/i2D,6D,7D,10D,11D,12D,16D,17D,20D,21D,23D,25D,29D,30D;2D,6D,7D,10D,11D,12D,15D,16D,19D,20D,21D,22D,23D,24D,25D,26D,27D,28D,29D,30D. The van der Waals surface area contributed by atoms with Gasteiger partial charge in [0, 0.05) is 106 Å². The summed E-state index contributed by atoms with van der Waals surface area (Å²) in [5.74, 6) is -0.836. The lowest BCUT2D eigenvalue weighted by atomic mass is 9.99. The van der Waals surface area contributed by atoms with Gasteiger partial charge in [0.15, 0.2) is 23.3 Å². The number of rotatable bonds is 10. The number of fused-ring (bicyclic) bond motifs is 18. The second-order valence-corrected chi connectivity index (χ2v) is 28.2. The van der Waals surface area contributed by atoms with Crippen molar-refractivity contribution in [3.63, 3.8) is 0 Å². The minimum Gasteiger partial charge on any atom is -0.456 e. The first kappa shape index (κ1) is 39.7. The summed E-state index contributed by atoms with van der Waals surface area (Å²) < 4.78 is 322. The number of furan rings is 2. The van der Waals surface area contributed by atoms with Gasteiger partial charge in [0.05, 0.1) is 68.7 Å². The number of aromatic nitrogens is 8. The van der Waals surface area contributed by atoms with Crippen molar-refractivity contribution in [3.05, 3.63) is 363 Å². The van der Waals surface area contributed by atoms with Gasteiger partial charge in [0.25, 0.3) is 0 Å². The number of hydrogen-bond acceptors (Lipinski definition) is 10. The summed E-state index contributed by atoms with van der Waals surface area (Å²) >= 11 is 1.79. The van der Waals surface area contributed by atoms with Gasteiger partial charge in [-0.3, -0.25) is 9.13 Å². The summed E-state index contributed by atoms with van der Waals surface area (Å²) in [4.78, 5) is 29.3. The zero-order valence-electron chi connectivity index (χ0n) is 92.2. The Kier molecular flexibility index (Phi) is 9.22. The molecule has 0 spiro atoms. The van der Waals surface area contributed by atoms with Crippen LogP contribution in [-0.2, 0) is 0 Å². The van der Waals surface area contributed by atoms with Gasteiger partial charge in [-0.05, 0) is 135 Å². The molecule has 0 atom stereocenters. The van der Waals surface area contributed by atoms with E-state index in [0.717, 1.165) is 22.7 Å². The van der Waals surface area contributed by atoms with Crippen molar-refractivity contribution in [1.82, 2.24) is 39.0 Å². The minimum atomic E-state index is -0.770. The maximum Gasteiger partial charge on any atom is 0.238 e. The van der Waals surface area contributed by atoms with Gasteiger partial charge in [0.2, 0.25) is 11.9 Å². The predicted octanol–water partition coefficient (Wildman–Crippen LogP) is 27.8. The quantitative estimate of drug-likeness (QED) is 0.133. The fourth-order valence-electron chi connectivity index (χ4n) is 14.5. The average Bonchev–Trinajstić information content (AvgIpc) is 1.52. The SMILES string of the molecule is [2H]c1c([2H])c([2H])c(-c2c([2H])c([2H])c([2H])c3oc4c([2H])c(-c5nc(-c6ccccc6)nc(-n6c7c([2H])c([2H])c(-c8ccccc8)c([2H])c7c7c([2H])c8c(sc9c([2H])c([2H])c([2H])c([2H])c98)c([2H])c76)n5)c([2H])c([2H])c4c23)c([2H])c1[2H].[2H]c1c([2H])c([2H])c(-c2cccc3oc4cc(-c5nc(-c6ccccc6)nc(-n6c7c([2H])c([2H])c([2H])c(-c8ccccc8)c7c7c([2H])c8c(sc9c([2H])c([2H])c([2H])c([2H])c98)c([2H])c76)n5)ccc4c23)c([2H])c1[2H]. The molecular formula is C102H60N8O2S2. The zero-order valence-corrected chi connectivity index (χ0v) is 59.9. The van der Waals surface area contributed by atoms with Crippen molar-refractivity contribution in [3.8, 4) is 102 Å². The van der Waals surface area contributed by atoms with Crippen molar-refractivity contribution >= 4 is 151 Å². The Hall–Kier alpha value is -14.8. The van der Waals surface area contributed by atoms with Gasteiger partial charge in [-0.2, -0.15) is 19.9 Å². The normalized spacial score (nSPS) is 16.0. The summed E-state index contributed by atoms with van der Waals surface area (Å²) in [6, 6.07) is 27.4. The van der Waals surface area contributed by atoms with Crippen LogP contribution < -0.4 is 0 Å². The molecule has 0 bridgehead atoms. The lowest BCUT2D eigenvalue weighted by Gasteiger charge is -2.11. The molecule has 0 saturated heterocycles. The molecule has 8 aromatic heterocycles. The van der Waals surface area contributed by atoms with Crippen LogP contribution in [0.2, 0.25) is 0 Å². The summed E-state index contributed by atoms with van der Waals surface area (Å²) in [7, 11) is 0. The Labute approximate surface area is 707 Å². The summed E-state index contributed by atoms with van der Waals surface area (Å²) in [5.41, 5.74) is 0.776. The van der Waals surface area contributed by atoms with Gasteiger partial charge in [-0.25, -0.2) is 9.97 Å². The minimum absolute atomic E-state index is 0.00651. The second-order valence-electron chi connectivity index (χ2n) is 26.1. The fraction of sp³-hybridized carbons (Fsp3) is 0. The van der Waals surface area contributed by atoms with Gasteiger partial charge >= 0.3 is 0 Å². The molecule has 0 fully saturated rings. The lowest BCUT2D eigenvalue weighted by molar-refractivity contribution is 0.668. The Morgan fingerprint density at radius 3 is 1.39 bits per heavy atom. The third kappa shape index (κ3) is 10.8. The fourth-order valence-corrected chi connectivity index (χ4v) is 16.4. The first-order valence-corrected chi connectivity index (χ1v) is 36.9. The van der Waals surface area contributed by atoms with Crippen LogP contribution in [-0.4, -0.2) is 39.0 Å². The van der Waals surface area contributed by atoms with Crippen LogP contribution in [0.3, 0.4) is 0 Å². The Bertz CT molecular complexity index is 10100. The van der Waals surface area contributed by atoms with Crippen molar-refractivity contribution in [2.45, 2.75) is 0 Å². The molecule has 0 N–H and O–H groups in total. The molecule has 0 aliphatic rings. The highest BCUT2D eigenvalue weighted by molar-refractivity contribution is 7.26. The summed E-state index contributed by atoms with van der Waals surface area (Å²) in [5, 5.41) is 0.575. The number of benzene rings is 16. The Morgan fingerprint density at radius 1 is 0.237 bits per heavy atom. The van der Waals surface area contributed by atoms with Crippen LogP contribution in [0.1, 0.15) is 46.6 Å². The highest BCUT2D eigenvalue weighted by atomic mass is 32.1. The average molecular weight is 1530 g/mol. The molecule has 16 aromatic carbocycles. The monoisotopic (exact) mass is 1530 g/mol. The molecule has 0 amide bonds. The third-order valence-electron chi connectivity index (χ3n) is 19.6. The van der Waals surface area contributed by atoms with E-state index >= 15 is 0 Å². The zero-order chi connectivity index (χ0) is 104. The number of hydrogen-bond donors (Lipinski definition) is 0. The first-order chi connectivity index (χ1) is 70.7. The van der Waals surface area contributed by atoms with E-state index in [1.807, 2.05) is 6.07 Å². The third-order valence-corrected chi connectivity index (χ3v) is 21.6. The van der Waals surface area contributed by atoms with E-state index in [2.05, 4.69) is 0 Å². The maximum absolute atomic E-state index is 10.0. The molecule has 0 aliphatic heterocycles. The van der Waals surface area contributed by atoms with Crippen LogP contribution in [0.25, 0.3) is 230 Å². The summed E-state index contributed by atoms with van der Waals surface area (Å²) in [6.45, 7) is 0. The van der Waals surface area contributed by atoms with Crippen molar-refractivity contribution in [2.24, 2.45) is 0 Å². The maximum atomic E-state index is 10.0. The molecule has 0 saturated carbocycles. The molecule has 114 heavy (non-hydrogen) atoms. The van der Waals surface area contributed by atoms with Gasteiger partial charge in [0.1, 0.15) is 22.3 Å².